The van der Waals surface area contributed by atoms with E-state index >= 15 is 0 Å². The van der Waals surface area contributed by atoms with E-state index in [1.165, 1.54) is 0 Å². The van der Waals surface area contributed by atoms with Crippen molar-refractivity contribution in [2.75, 3.05) is 13.1 Å². The smallest absolute Gasteiger partial charge is 0.308 e. The van der Waals surface area contributed by atoms with Crippen LogP contribution in [0.1, 0.15) is 42.3 Å². The van der Waals surface area contributed by atoms with Crippen LogP contribution in [0.15, 0.2) is 28.8 Å². The highest BCUT2D eigenvalue weighted by Crippen LogP contribution is 2.24. The van der Waals surface area contributed by atoms with E-state index in [0.717, 1.165) is 0 Å². The molecule has 27 heavy (non-hydrogen) atoms. The molecule has 2 aromatic rings. The van der Waals surface area contributed by atoms with Gasteiger partial charge in [0.25, 0.3) is 5.91 Å². The van der Waals surface area contributed by atoms with Crippen LogP contribution in [0.3, 0.4) is 0 Å². The number of aliphatic carboxylic acids is 1. The van der Waals surface area contributed by atoms with Gasteiger partial charge in [-0.25, -0.2) is 0 Å². The Morgan fingerprint density at radius 3 is 2.67 bits per heavy atom. The number of hydrogen-bond donors (Lipinski definition) is 1. The molecule has 8 nitrogen and oxygen atoms in total. The van der Waals surface area contributed by atoms with Gasteiger partial charge in [-0.05, 0) is 36.6 Å². The van der Waals surface area contributed by atoms with E-state index < -0.39 is 11.9 Å². The quantitative estimate of drug-likeness (QED) is 0.828. The van der Waals surface area contributed by atoms with E-state index in [0.29, 0.717) is 42.4 Å². The third-order valence-corrected chi connectivity index (χ3v) is 4.58. The van der Waals surface area contributed by atoms with Gasteiger partial charge < -0.3 is 19.3 Å². The number of carbonyl (C=O) groups excluding carboxylic acids is 1. The first kappa shape index (κ1) is 18.9. The molecule has 0 radical (unpaired) electrons. The zero-order chi connectivity index (χ0) is 19.4. The normalized spacial score (nSPS) is 19.7. The highest BCUT2D eigenvalue weighted by molar-refractivity contribution is 5.94. The topological polar surface area (TPSA) is 106 Å². The third kappa shape index (κ3) is 4.64. The van der Waals surface area contributed by atoms with Gasteiger partial charge in [0, 0.05) is 25.1 Å². The highest BCUT2D eigenvalue weighted by Gasteiger charge is 2.32. The van der Waals surface area contributed by atoms with Gasteiger partial charge in [0.1, 0.15) is 5.75 Å². The predicted octanol–water partition coefficient (Wildman–Crippen LogP) is 2.39. The number of piperidine rings is 1. The molecule has 1 amide bonds. The van der Waals surface area contributed by atoms with E-state index in [1.807, 2.05) is 13.8 Å². The molecular weight excluding hydrogens is 350 g/mol. The number of carboxylic acid groups (broad SMARTS) is 1. The van der Waals surface area contributed by atoms with E-state index in [4.69, 9.17) is 9.26 Å². The summed E-state index contributed by atoms with van der Waals surface area (Å²) in [6.45, 7) is 4.89. The molecule has 1 aromatic carbocycles. The Balaban J connectivity index is 1.60. The Morgan fingerprint density at radius 1 is 1.30 bits per heavy atom. The second-order valence-corrected chi connectivity index (χ2v) is 6.86. The summed E-state index contributed by atoms with van der Waals surface area (Å²) in [5.74, 6) is 0.252. The molecule has 1 saturated heterocycles. The maximum Gasteiger partial charge on any atom is 0.308 e. The van der Waals surface area contributed by atoms with Crippen molar-refractivity contribution in [3.8, 4) is 5.75 Å². The summed E-state index contributed by atoms with van der Waals surface area (Å²) in [4.78, 5) is 29.8. The lowest BCUT2D eigenvalue weighted by Crippen LogP contribution is -2.45. The summed E-state index contributed by atoms with van der Waals surface area (Å²) in [5.41, 5.74) is 0.508. The molecule has 2 heterocycles. The number of rotatable bonds is 6. The number of ether oxygens (including phenoxy) is 1. The average molecular weight is 373 g/mol. The van der Waals surface area contributed by atoms with Crippen LogP contribution in [0.25, 0.3) is 0 Å². The number of nitrogens with zero attached hydrogens (tertiary/aromatic N) is 3. The first-order valence-corrected chi connectivity index (χ1v) is 9.02. The van der Waals surface area contributed by atoms with Crippen LogP contribution >= 0.6 is 0 Å². The molecule has 0 bridgehead atoms. The van der Waals surface area contributed by atoms with Gasteiger partial charge in [-0.2, -0.15) is 4.98 Å². The fraction of sp³-hybridized carbons (Fsp3) is 0.474. The molecule has 1 fully saturated rings. The van der Waals surface area contributed by atoms with Gasteiger partial charge in [0.2, 0.25) is 11.7 Å². The highest BCUT2D eigenvalue weighted by atomic mass is 16.5. The molecule has 3 rings (SSSR count). The largest absolute Gasteiger partial charge is 0.485 e. The van der Waals surface area contributed by atoms with Crippen molar-refractivity contribution in [3.63, 3.8) is 0 Å². The van der Waals surface area contributed by atoms with Crippen LogP contribution in [-0.2, 0) is 17.8 Å². The third-order valence-electron chi connectivity index (χ3n) is 4.58. The molecule has 1 N–H and O–H groups in total. The van der Waals surface area contributed by atoms with Crippen molar-refractivity contribution in [1.82, 2.24) is 15.0 Å². The predicted molar refractivity (Wildman–Crippen MR) is 95.3 cm³/mol. The number of carboxylic acids is 1. The lowest BCUT2D eigenvalue weighted by molar-refractivity contribution is -0.143. The lowest BCUT2D eigenvalue weighted by atomic mass is 9.90. The molecule has 0 aliphatic carbocycles. The molecular formula is C19H23N3O5. The number of benzene rings is 1. The van der Waals surface area contributed by atoms with E-state index in [2.05, 4.69) is 10.1 Å². The molecule has 0 spiro atoms. The molecule has 144 valence electrons. The second kappa shape index (κ2) is 8.20. The zero-order valence-corrected chi connectivity index (χ0v) is 15.4. The number of aromatic nitrogens is 2. The van der Waals surface area contributed by atoms with Gasteiger partial charge in [0.05, 0.1) is 5.92 Å². The number of likely N-dealkylation sites (tertiary alicyclic amines) is 1. The van der Waals surface area contributed by atoms with Crippen LogP contribution in [0, 0.1) is 11.8 Å². The SMILES string of the molecule is CCc1nc(COc2ccc(C(=O)N3CC(C)CC(C(=O)O)C3)cc2)no1. The van der Waals surface area contributed by atoms with E-state index in [1.54, 1.807) is 29.2 Å². The summed E-state index contributed by atoms with van der Waals surface area (Å²) in [5, 5.41) is 13.1. The lowest BCUT2D eigenvalue weighted by Gasteiger charge is -2.34. The maximum atomic E-state index is 12.7. The van der Waals surface area contributed by atoms with Crippen LogP contribution in [0.4, 0.5) is 0 Å². The van der Waals surface area contributed by atoms with Gasteiger partial charge in [0.15, 0.2) is 6.61 Å². The van der Waals surface area contributed by atoms with E-state index in [-0.39, 0.29) is 25.0 Å². The van der Waals surface area contributed by atoms with Gasteiger partial charge >= 0.3 is 5.97 Å². The van der Waals surface area contributed by atoms with Gasteiger partial charge in [-0.1, -0.05) is 19.0 Å². The minimum absolute atomic E-state index is 0.161. The van der Waals surface area contributed by atoms with Crippen LogP contribution in [-0.4, -0.2) is 45.1 Å². The van der Waals surface area contributed by atoms with Crippen molar-refractivity contribution in [2.45, 2.75) is 33.3 Å². The van der Waals surface area contributed by atoms with Crippen molar-refractivity contribution >= 4 is 11.9 Å². The van der Waals surface area contributed by atoms with Gasteiger partial charge in [-0.15, -0.1) is 0 Å². The molecule has 2 unspecified atom stereocenters. The first-order chi connectivity index (χ1) is 13.0. The Kier molecular flexibility index (Phi) is 5.73. The van der Waals surface area contributed by atoms with Crippen LogP contribution in [0.5, 0.6) is 5.75 Å². The summed E-state index contributed by atoms with van der Waals surface area (Å²) in [7, 11) is 0. The summed E-state index contributed by atoms with van der Waals surface area (Å²) in [6, 6.07) is 6.77. The minimum atomic E-state index is -0.851. The average Bonchev–Trinajstić information content (AvgIpc) is 3.14. The molecule has 1 aromatic heterocycles. The fourth-order valence-corrected chi connectivity index (χ4v) is 3.21. The Bertz CT molecular complexity index is 802. The van der Waals surface area contributed by atoms with Gasteiger partial charge in [-0.3, -0.25) is 9.59 Å². The monoisotopic (exact) mass is 373 g/mol. The second-order valence-electron chi connectivity index (χ2n) is 6.86. The number of carbonyl (C=O) groups is 2. The number of amides is 1. The van der Waals surface area contributed by atoms with Crippen LogP contribution in [0.2, 0.25) is 0 Å². The summed E-state index contributed by atoms with van der Waals surface area (Å²) < 4.78 is 10.6. The van der Waals surface area contributed by atoms with Crippen molar-refractivity contribution < 1.29 is 24.0 Å². The van der Waals surface area contributed by atoms with Crippen molar-refractivity contribution in [2.24, 2.45) is 11.8 Å². The first-order valence-electron chi connectivity index (χ1n) is 9.02. The summed E-state index contributed by atoms with van der Waals surface area (Å²) in [6.07, 6.45) is 1.27. The maximum absolute atomic E-state index is 12.7. The van der Waals surface area contributed by atoms with Crippen LogP contribution < -0.4 is 4.74 Å². The van der Waals surface area contributed by atoms with Crippen molar-refractivity contribution in [3.05, 3.63) is 41.5 Å². The number of aryl methyl sites for hydroxylation is 1. The summed E-state index contributed by atoms with van der Waals surface area (Å²) >= 11 is 0. The molecule has 2 atom stereocenters. The molecule has 0 saturated carbocycles. The molecule has 8 heteroatoms. The fourth-order valence-electron chi connectivity index (χ4n) is 3.21. The minimum Gasteiger partial charge on any atom is -0.485 e. The molecule has 1 aliphatic rings. The Hall–Kier alpha value is -2.90. The van der Waals surface area contributed by atoms with Crippen molar-refractivity contribution in [1.29, 1.82) is 0 Å². The zero-order valence-electron chi connectivity index (χ0n) is 15.4. The van der Waals surface area contributed by atoms with E-state index in [9.17, 15) is 14.7 Å². The molecule has 1 aliphatic heterocycles. The number of hydrogen-bond acceptors (Lipinski definition) is 6. The standard InChI is InChI=1S/C19H23N3O5/c1-3-17-20-16(21-27-17)11-26-15-6-4-13(5-7-15)18(23)22-9-12(2)8-14(10-22)19(24)25/h4-7,12,14H,3,8-11H2,1-2H3,(H,24,25). The Morgan fingerprint density at radius 2 is 2.04 bits per heavy atom. The Labute approximate surface area is 157 Å².